The van der Waals surface area contributed by atoms with Crippen molar-refractivity contribution in [2.75, 3.05) is 23.0 Å². The van der Waals surface area contributed by atoms with Gasteiger partial charge in [-0.25, -0.2) is 39.2 Å². The summed E-state index contributed by atoms with van der Waals surface area (Å²) in [5, 5.41) is 9.86. The van der Waals surface area contributed by atoms with Crippen LogP contribution in [0.15, 0.2) is 81.2 Å². The van der Waals surface area contributed by atoms with Gasteiger partial charge in [-0.15, -0.1) is 0 Å². The second-order valence-electron chi connectivity index (χ2n) is 15.8. The first-order valence-corrected chi connectivity index (χ1v) is 24.7. The smallest absolute Gasteiger partial charge is 0.269 e. The number of aromatic nitrogens is 6. The Hall–Kier alpha value is -5.13. The molecule has 1 N–H and O–H groups in total. The van der Waals surface area contributed by atoms with Gasteiger partial charge in [0.25, 0.3) is 10.0 Å². The summed E-state index contributed by atoms with van der Waals surface area (Å²) in [5.74, 6) is 2.96. The first-order valence-electron chi connectivity index (χ1n) is 19.6. The topological polar surface area (TPSA) is 201 Å². The van der Waals surface area contributed by atoms with Gasteiger partial charge in [0.15, 0.2) is 5.65 Å². The van der Waals surface area contributed by atoms with Crippen molar-refractivity contribution in [2.45, 2.75) is 71.1 Å². The van der Waals surface area contributed by atoms with Gasteiger partial charge in [0.05, 0.1) is 39.3 Å². The molecule has 8 heterocycles. The Balaban J connectivity index is 0.000000172. The molecule has 0 radical (unpaired) electrons. The monoisotopic (exact) mass is 858 g/mol. The summed E-state index contributed by atoms with van der Waals surface area (Å²) in [6, 6.07) is 12.3. The van der Waals surface area contributed by atoms with E-state index in [1.54, 1.807) is 42.7 Å². The Morgan fingerprint density at radius 2 is 1.22 bits per heavy atom. The van der Waals surface area contributed by atoms with Gasteiger partial charge in [0.1, 0.15) is 36.8 Å². The Morgan fingerprint density at radius 3 is 1.75 bits per heavy atom. The van der Waals surface area contributed by atoms with E-state index in [9.17, 15) is 25.3 Å². The third-order valence-corrected chi connectivity index (χ3v) is 16.7. The molecule has 310 valence electrons. The highest BCUT2D eigenvalue weighted by molar-refractivity contribution is 7.91. The molecule has 0 spiro atoms. The minimum Gasteiger partial charge on any atom is -0.361 e. The summed E-state index contributed by atoms with van der Waals surface area (Å²) in [6.45, 7) is 7.51. The number of aryl methyl sites for hydroxylation is 4. The van der Waals surface area contributed by atoms with E-state index in [1.165, 1.54) is 9.54 Å². The van der Waals surface area contributed by atoms with Crippen LogP contribution in [-0.2, 0) is 42.5 Å². The lowest BCUT2D eigenvalue weighted by Gasteiger charge is -2.21. The normalized spacial score (nSPS) is 17.3. The molecule has 0 saturated carbocycles. The Bertz CT molecular complexity index is 2950. The molecule has 0 unspecified atom stereocenters. The quantitative estimate of drug-likeness (QED) is 0.163. The number of nitrogens with zero attached hydrogens (tertiary/aromatic N) is 5. The van der Waals surface area contributed by atoms with Crippen molar-refractivity contribution < 1.29 is 34.3 Å². The van der Waals surface area contributed by atoms with Crippen molar-refractivity contribution in [3.05, 3.63) is 101 Å². The van der Waals surface area contributed by atoms with Gasteiger partial charge < -0.3 is 14.0 Å². The number of sulfone groups is 2. The molecular formula is C42H46N6O8S3. The Kier molecular flexibility index (Phi) is 10.9. The maximum atomic E-state index is 13.5. The van der Waals surface area contributed by atoms with Crippen LogP contribution in [0.2, 0.25) is 0 Å². The molecule has 0 atom stereocenters. The van der Waals surface area contributed by atoms with Crippen molar-refractivity contribution >= 4 is 51.8 Å². The van der Waals surface area contributed by atoms with Crippen molar-refractivity contribution in [3.63, 3.8) is 0 Å². The van der Waals surface area contributed by atoms with E-state index < -0.39 is 29.7 Å². The molecule has 7 aromatic rings. The molecule has 59 heavy (non-hydrogen) atoms. The van der Waals surface area contributed by atoms with E-state index in [4.69, 9.17) is 9.05 Å². The lowest BCUT2D eigenvalue weighted by atomic mass is 9.93. The zero-order chi connectivity index (χ0) is 41.7. The number of nitrogens with one attached hydrogen (secondary N) is 1. The zero-order valence-corrected chi connectivity index (χ0v) is 35.8. The lowest BCUT2D eigenvalue weighted by Crippen LogP contribution is -2.24. The number of benzene rings is 1. The molecule has 0 aliphatic carbocycles. The molecule has 2 aliphatic heterocycles. The first-order chi connectivity index (χ1) is 28.1. The predicted octanol–water partition coefficient (Wildman–Crippen LogP) is 7.11. The van der Waals surface area contributed by atoms with Crippen LogP contribution < -0.4 is 0 Å². The van der Waals surface area contributed by atoms with Crippen molar-refractivity contribution in [1.29, 1.82) is 0 Å². The predicted molar refractivity (Wildman–Crippen MR) is 225 cm³/mol. The highest BCUT2D eigenvalue weighted by atomic mass is 32.2. The molecule has 2 fully saturated rings. The third kappa shape index (κ3) is 8.37. The van der Waals surface area contributed by atoms with Gasteiger partial charge in [-0.05, 0) is 113 Å². The summed E-state index contributed by atoms with van der Waals surface area (Å²) < 4.78 is 85.8. The van der Waals surface area contributed by atoms with Crippen molar-refractivity contribution in [2.24, 2.45) is 11.8 Å². The highest BCUT2D eigenvalue weighted by Crippen LogP contribution is 2.35. The molecule has 0 amide bonds. The highest BCUT2D eigenvalue weighted by Gasteiger charge is 2.28. The SMILES string of the molecule is Cc1noc(C)c1-c1cnc2[nH]cc(CC3CCS(=O)(=O)CC3)c2c1.Cc1noc(C)c1-c1cnc2c(c1)c(CC1CCS(=O)(=O)CC1)cn2S(=O)(=O)c1ccccc1. The van der Waals surface area contributed by atoms with Crippen molar-refractivity contribution in [1.82, 2.24) is 29.2 Å². The minimum atomic E-state index is -3.86. The molecule has 0 bridgehead atoms. The Morgan fingerprint density at radius 1 is 0.712 bits per heavy atom. The molecular weight excluding hydrogens is 813 g/mol. The van der Waals surface area contributed by atoms with Crippen molar-refractivity contribution in [3.8, 4) is 22.3 Å². The van der Waals surface area contributed by atoms with Crippen LogP contribution in [0.4, 0.5) is 0 Å². The van der Waals surface area contributed by atoms with E-state index in [0.29, 0.717) is 48.1 Å². The number of rotatable bonds is 8. The number of H-pyrrole nitrogens is 1. The molecule has 2 saturated heterocycles. The summed E-state index contributed by atoms with van der Waals surface area (Å²) >= 11 is 0. The Labute approximate surface area is 343 Å². The van der Waals surface area contributed by atoms with E-state index in [2.05, 4.69) is 31.3 Å². The van der Waals surface area contributed by atoms with E-state index in [-0.39, 0.29) is 22.3 Å². The largest absolute Gasteiger partial charge is 0.361 e. The number of aromatic amines is 1. The van der Waals surface area contributed by atoms with Gasteiger partial charge in [-0.3, -0.25) is 0 Å². The minimum absolute atomic E-state index is 0.157. The maximum Gasteiger partial charge on any atom is 0.269 e. The fourth-order valence-electron chi connectivity index (χ4n) is 8.39. The van der Waals surface area contributed by atoms with Gasteiger partial charge in [-0.2, -0.15) is 0 Å². The fraction of sp³-hybridized carbons (Fsp3) is 0.381. The molecule has 6 aromatic heterocycles. The molecule has 17 heteroatoms. The molecule has 14 nitrogen and oxygen atoms in total. The number of hydrogen-bond donors (Lipinski definition) is 1. The van der Waals surface area contributed by atoms with Gasteiger partial charge in [0, 0.05) is 57.8 Å². The standard InChI is InChI=1S/C24H25N3O5S2.C18H21N3O3S/c1-16-23(17(2)32-26-16)19-13-22-20(12-18-8-10-33(28,29)11-9-18)15-27(24(22)25-14-19)34(30,31)21-6-4-3-5-7-21;1-11-17(12(2)24-21-11)15-8-16-14(9-19-18(16)20-10-15)7-13-3-5-25(22,23)6-4-13/h3-7,13-15,18H,8-12H2,1-2H3;8-10,13H,3-7H2,1-2H3,(H,19,20). The van der Waals surface area contributed by atoms with Crippen LogP contribution in [0.1, 0.15) is 59.7 Å². The van der Waals surface area contributed by atoms with Crippen LogP contribution in [-0.4, -0.2) is 77.5 Å². The first kappa shape index (κ1) is 40.6. The average Bonchev–Trinajstić information content (AvgIpc) is 3.97. The van der Waals surface area contributed by atoms with Crippen LogP contribution >= 0.6 is 0 Å². The van der Waals surface area contributed by atoms with Crippen LogP contribution in [0.25, 0.3) is 44.3 Å². The third-order valence-electron chi connectivity index (χ3n) is 11.6. The summed E-state index contributed by atoms with van der Waals surface area (Å²) in [4.78, 5) is 12.5. The number of fused-ring (bicyclic) bond motifs is 2. The van der Waals surface area contributed by atoms with Crippen LogP contribution in [0.3, 0.4) is 0 Å². The molecule has 1 aromatic carbocycles. The van der Waals surface area contributed by atoms with E-state index in [1.807, 2.05) is 46.2 Å². The second-order valence-corrected chi connectivity index (χ2v) is 22.2. The van der Waals surface area contributed by atoms with E-state index >= 15 is 0 Å². The average molecular weight is 859 g/mol. The number of pyridine rings is 2. The molecule has 2 aliphatic rings. The van der Waals surface area contributed by atoms with Gasteiger partial charge >= 0.3 is 0 Å². The van der Waals surface area contributed by atoms with E-state index in [0.717, 1.165) is 80.6 Å². The molecule has 9 rings (SSSR count). The summed E-state index contributed by atoms with van der Waals surface area (Å²) in [6.07, 6.45) is 11.2. The van der Waals surface area contributed by atoms with Gasteiger partial charge in [-0.1, -0.05) is 28.5 Å². The maximum absolute atomic E-state index is 13.5. The summed E-state index contributed by atoms with van der Waals surface area (Å²) in [5.41, 5.74) is 8.43. The van der Waals surface area contributed by atoms with Crippen LogP contribution in [0, 0.1) is 39.5 Å². The zero-order valence-electron chi connectivity index (χ0n) is 33.3. The number of hydrogen-bond acceptors (Lipinski definition) is 12. The van der Waals surface area contributed by atoms with Crippen LogP contribution in [0.5, 0.6) is 0 Å². The second kappa shape index (κ2) is 15.8. The van der Waals surface area contributed by atoms with Gasteiger partial charge in [0.2, 0.25) is 0 Å². The lowest BCUT2D eigenvalue weighted by molar-refractivity contribution is 0.393. The fourth-order valence-corrected chi connectivity index (χ4v) is 12.9. The summed E-state index contributed by atoms with van der Waals surface area (Å²) in [7, 11) is -9.66.